The Morgan fingerprint density at radius 3 is 2.81 bits per heavy atom. The molecule has 1 atom stereocenters. The van der Waals surface area contributed by atoms with Gasteiger partial charge in [0, 0.05) is 19.7 Å². The number of halogens is 3. The Balaban J connectivity index is 1.72. The number of thiophene rings is 1. The quantitative estimate of drug-likeness (QED) is 0.548. The number of carbonyl (C=O) groups is 1. The number of amides is 1. The molecule has 0 bridgehead atoms. The molecular formula is C21H21F3N4O2S. The Morgan fingerprint density at radius 1 is 1.32 bits per heavy atom. The van der Waals surface area contributed by atoms with Gasteiger partial charge in [-0.05, 0) is 49.4 Å². The van der Waals surface area contributed by atoms with E-state index in [0.29, 0.717) is 30.4 Å². The van der Waals surface area contributed by atoms with Gasteiger partial charge in [0.05, 0.1) is 22.2 Å². The molecule has 1 aliphatic heterocycles. The van der Waals surface area contributed by atoms with E-state index in [0.717, 1.165) is 25.0 Å². The normalized spacial score (nSPS) is 16.6. The van der Waals surface area contributed by atoms with Crippen LogP contribution in [-0.4, -0.2) is 51.4 Å². The van der Waals surface area contributed by atoms with Crippen molar-refractivity contribution in [3.63, 3.8) is 0 Å². The molecule has 0 spiro atoms. The summed E-state index contributed by atoms with van der Waals surface area (Å²) in [6.45, 7) is 3.42. The summed E-state index contributed by atoms with van der Waals surface area (Å²) in [5.41, 5.74) is -0.606. The Morgan fingerprint density at radius 2 is 2.16 bits per heavy atom. The zero-order chi connectivity index (χ0) is 22.0. The maximum absolute atomic E-state index is 13.2. The lowest BCUT2D eigenvalue weighted by molar-refractivity contribution is -0.137. The summed E-state index contributed by atoms with van der Waals surface area (Å²) in [6.07, 6.45) is -2.66. The zero-order valence-electron chi connectivity index (χ0n) is 16.8. The molecule has 0 radical (unpaired) electrons. The number of aromatic nitrogens is 3. The number of carbonyl (C=O) groups excluding carboxylic acids is 1. The molecule has 31 heavy (non-hydrogen) atoms. The van der Waals surface area contributed by atoms with Gasteiger partial charge in [-0.3, -0.25) is 4.79 Å². The second-order valence-electron chi connectivity index (χ2n) is 7.18. The molecule has 4 rings (SSSR count). The van der Waals surface area contributed by atoms with Gasteiger partial charge < -0.3 is 9.64 Å². The predicted octanol–water partition coefficient (Wildman–Crippen LogP) is 4.66. The van der Waals surface area contributed by atoms with E-state index in [9.17, 15) is 18.0 Å². The SMILES string of the molecule is CCN(CC1CCCO1)C(=O)c1nc(-c2cccs2)n(-c2cccc(C(F)(F)F)c2)n1. The number of ether oxygens (including phenoxy) is 1. The first-order chi connectivity index (χ1) is 14.9. The number of rotatable bonds is 6. The fraction of sp³-hybridized carbons (Fsp3) is 0.381. The number of benzene rings is 1. The van der Waals surface area contributed by atoms with Crippen LogP contribution in [-0.2, 0) is 10.9 Å². The fourth-order valence-electron chi connectivity index (χ4n) is 3.49. The predicted molar refractivity (Wildman–Crippen MR) is 110 cm³/mol. The first-order valence-electron chi connectivity index (χ1n) is 9.96. The third-order valence-electron chi connectivity index (χ3n) is 5.07. The number of nitrogens with zero attached hydrogens (tertiary/aromatic N) is 4. The van der Waals surface area contributed by atoms with E-state index in [4.69, 9.17) is 4.74 Å². The highest BCUT2D eigenvalue weighted by molar-refractivity contribution is 7.13. The summed E-state index contributed by atoms with van der Waals surface area (Å²) in [4.78, 5) is 19.8. The maximum Gasteiger partial charge on any atom is 0.416 e. The lowest BCUT2D eigenvalue weighted by Gasteiger charge is -2.22. The molecule has 10 heteroatoms. The Kier molecular flexibility index (Phi) is 6.10. The monoisotopic (exact) mass is 450 g/mol. The average molecular weight is 450 g/mol. The number of hydrogen-bond donors (Lipinski definition) is 0. The molecule has 0 N–H and O–H groups in total. The summed E-state index contributed by atoms with van der Waals surface area (Å²) in [6, 6.07) is 8.43. The molecular weight excluding hydrogens is 429 g/mol. The molecule has 1 aromatic carbocycles. The van der Waals surface area contributed by atoms with Crippen molar-refractivity contribution in [1.82, 2.24) is 19.7 Å². The highest BCUT2D eigenvalue weighted by Gasteiger charge is 2.31. The molecule has 164 valence electrons. The molecule has 2 aromatic heterocycles. The van der Waals surface area contributed by atoms with Crippen LogP contribution in [0.5, 0.6) is 0 Å². The molecule has 0 aliphatic carbocycles. The molecule has 3 aromatic rings. The third kappa shape index (κ3) is 4.64. The van der Waals surface area contributed by atoms with Crippen molar-refractivity contribution in [2.24, 2.45) is 0 Å². The molecule has 1 aliphatic rings. The Bertz CT molecular complexity index is 1040. The standard InChI is InChI=1S/C21H21F3N4O2S/c1-2-27(13-16-8-4-10-30-16)20(29)18-25-19(17-9-5-11-31-17)28(26-18)15-7-3-6-14(12-15)21(22,23)24/h3,5-7,9,11-12,16H,2,4,8,10,13H2,1H3. The largest absolute Gasteiger partial charge is 0.416 e. The summed E-state index contributed by atoms with van der Waals surface area (Å²) in [5.74, 6) is -0.104. The van der Waals surface area contributed by atoms with Crippen LogP contribution >= 0.6 is 11.3 Å². The van der Waals surface area contributed by atoms with Crippen molar-refractivity contribution in [3.8, 4) is 16.4 Å². The lowest BCUT2D eigenvalue weighted by Crippen LogP contribution is -2.37. The van der Waals surface area contributed by atoms with Crippen LogP contribution < -0.4 is 0 Å². The number of hydrogen-bond acceptors (Lipinski definition) is 5. The van der Waals surface area contributed by atoms with Crippen molar-refractivity contribution in [3.05, 3.63) is 53.2 Å². The van der Waals surface area contributed by atoms with Crippen LogP contribution in [0.3, 0.4) is 0 Å². The zero-order valence-corrected chi connectivity index (χ0v) is 17.6. The molecule has 6 nitrogen and oxygen atoms in total. The first kappa shape index (κ1) is 21.5. The smallest absolute Gasteiger partial charge is 0.376 e. The lowest BCUT2D eigenvalue weighted by atomic mass is 10.2. The minimum atomic E-state index is -4.49. The van der Waals surface area contributed by atoms with Crippen LogP contribution in [0.2, 0.25) is 0 Å². The molecule has 1 saturated heterocycles. The summed E-state index contributed by atoms with van der Waals surface area (Å²) >= 11 is 1.37. The van der Waals surface area contributed by atoms with E-state index < -0.39 is 11.7 Å². The van der Waals surface area contributed by atoms with Crippen LogP contribution in [0.15, 0.2) is 41.8 Å². The summed E-state index contributed by atoms with van der Waals surface area (Å²) in [5, 5.41) is 6.15. The highest BCUT2D eigenvalue weighted by Crippen LogP contribution is 2.32. The van der Waals surface area contributed by atoms with Gasteiger partial charge in [0.15, 0.2) is 5.82 Å². The van der Waals surface area contributed by atoms with Gasteiger partial charge in [0.2, 0.25) is 5.82 Å². The van der Waals surface area contributed by atoms with Crippen LogP contribution in [0.1, 0.15) is 35.9 Å². The topological polar surface area (TPSA) is 60.2 Å². The maximum atomic E-state index is 13.2. The molecule has 1 fully saturated rings. The number of likely N-dealkylation sites (N-methyl/N-ethyl adjacent to an activating group) is 1. The van der Waals surface area contributed by atoms with Gasteiger partial charge in [0.25, 0.3) is 5.91 Å². The van der Waals surface area contributed by atoms with Gasteiger partial charge >= 0.3 is 6.18 Å². The average Bonchev–Trinajstić information content (AvgIpc) is 3.52. The van der Waals surface area contributed by atoms with Gasteiger partial charge in [-0.25, -0.2) is 9.67 Å². The second-order valence-corrected chi connectivity index (χ2v) is 8.12. The molecule has 0 saturated carbocycles. The summed E-state index contributed by atoms with van der Waals surface area (Å²) < 4.78 is 46.6. The molecule has 1 amide bonds. The van der Waals surface area contributed by atoms with Crippen molar-refractivity contribution in [2.75, 3.05) is 19.7 Å². The van der Waals surface area contributed by atoms with Crippen LogP contribution in [0.25, 0.3) is 16.4 Å². The summed E-state index contributed by atoms with van der Waals surface area (Å²) in [7, 11) is 0. The fourth-order valence-corrected chi connectivity index (χ4v) is 4.19. The highest BCUT2D eigenvalue weighted by atomic mass is 32.1. The van der Waals surface area contributed by atoms with E-state index in [2.05, 4.69) is 10.1 Å². The van der Waals surface area contributed by atoms with Crippen molar-refractivity contribution in [2.45, 2.75) is 32.0 Å². The molecule has 3 heterocycles. The van der Waals surface area contributed by atoms with Gasteiger partial charge in [0.1, 0.15) is 0 Å². The van der Waals surface area contributed by atoms with Gasteiger partial charge in [-0.15, -0.1) is 16.4 Å². The molecule has 1 unspecified atom stereocenters. The van der Waals surface area contributed by atoms with Crippen molar-refractivity contribution >= 4 is 17.2 Å². The minimum absolute atomic E-state index is 0.0220. The Hall–Kier alpha value is -2.72. The Labute approximate surface area is 181 Å². The van der Waals surface area contributed by atoms with Crippen LogP contribution in [0, 0.1) is 0 Å². The third-order valence-corrected chi connectivity index (χ3v) is 5.94. The van der Waals surface area contributed by atoms with Crippen molar-refractivity contribution in [1.29, 1.82) is 0 Å². The number of alkyl halides is 3. The minimum Gasteiger partial charge on any atom is -0.376 e. The van der Waals surface area contributed by atoms with Gasteiger partial charge in [-0.2, -0.15) is 13.2 Å². The van der Waals surface area contributed by atoms with E-state index in [-0.39, 0.29) is 23.5 Å². The van der Waals surface area contributed by atoms with E-state index in [1.54, 1.807) is 11.0 Å². The van der Waals surface area contributed by atoms with Crippen molar-refractivity contribution < 1.29 is 22.7 Å². The van der Waals surface area contributed by atoms with Crippen LogP contribution in [0.4, 0.5) is 13.2 Å². The van der Waals surface area contributed by atoms with E-state index in [1.807, 2.05) is 18.4 Å². The van der Waals surface area contributed by atoms with Gasteiger partial charge in [-0.1, -0.05) is 12.1 Å². The first-order valence-corrected chi connectivity index (χ1v) is 10.8. The van der Waals surface area contributed by atoms with E-state index in [1.165, 1.54) is 28.2 Å². The second kappa shape index (κ2) is 8.80. The van der Waals surface area contributed by atoms with E-state index >= 15 is 0 Å².